The number of nitrogens with zero attached hydrogens (tertiary/aromatic N) is 2. The molecule has 1 saturated heterocycles. The summed E-state index contributed by atoms with van der Waals surface area (Å²) in [5.41, 5.74) is 5.63. The summed E-state index contributed by atoms with van der Waals surface area (Å²) in [4.78, 5) is 6.44. The van der Waals surface area contributed by atoms with Crippen LogP contribution >= 0.6 is 24.0 Å². The van der Waals surface area contributed by atoms with Crippen LogP contribution in [-0.2, 0) is 4.74 Å². The Morgan fingerprint density at radius 1 is 1.75 bits per heavy atom. The summed E-state index contributed by atoms with van der Waals surface area (Å²) in [5, 5.41) is 2.92. The first-order valence-electron chi connectivity index (χ1n) is 5.17. The van der Waals surface area contributed by atoms with E-state index in [0.29, 0.717) is 19.0 Å². The molecule has 1 rings (SSSR count). The second-order valence-corrected chi connectivity index (χ2v) is 3.65. The summed E-state index contributed by atoms with van der Waals surface area (Å²) in [5.74, 6) is 0.451. The lowest BCUT2D eigenvalue weighted by atomic mass is 10.3. The molecule has 1 fully saturated rings. The van der Waals surface area contributed by atoms with Crippen molar-refractivity contribution in [2.75, 3.05) is 39.8 Å². The number of ether oxygens (including phenoxy) is 1. The molecule has 0 amide bonds. The Hall–Kier alpha value is -0.340. The van der Waals surface area contributed by atoms with Crippen molar-refractivity contribution in [3.8, 4) is 0 Å². The molecule has 0 aliphatic carbocycles. The number of likely N-dealkylation sites (N-methyl/N-ethyl adjacent to an activating group) is 1. The number of hydrogen-bond acceptors (Lipinski definition) is 3. The van der Waals surface area contributed by atoms with Gasteiger partial charge in [0.15, 0.2) is 5.96 Å². The number of rotatable bonds is 4. The van der Waals surface area contributed by atoms with Crippen LogP contribution in [0.2, 0.25) is 0 Å². The van der Waals surface area contributed by atoms with Gasteiger partial charge in [0.1, 0.15) is 0 Å². The number of guanidine groups is 1. The van der Waals surface area contributed by atoms with Gasteiger partial charge in [-0.1, -0.05) is 6.08 Å². The SMILES string of the molecule is C=CCNC(N)=NCC1CN(C)CCO1.I. The Bertz CT molecular complexity index is 235. The quantitative estimate of drug-likeness (QED) is 0.328. The second kappa shape index (κ2) is 8.77. The Kier molecular flexibility index (Phi) is 8.58. The molecule has 94 valence electrons. The number of morpholine rings is 1. The normalized spacial score (nSPS) is 22.3. The zero-order valence-electron chi connectivity index (χ0n) is 9.69. The summed E-state index contributed by atoms with van der Waals surface area (Å²) < 4.78 is 5.55. The maximum absolute atomic E-state index is 5.63. The molecular weight excluding hydrogens is 319 g/mol. The largest absolute Gasteiger partial charge is 0.374 e. The highest BCUT2D eigenvalue weighted by molar-refractivity contribution is 14.0. The number of nitrogens with two attached hydrogens (primary N) is 1. The molecule has 0 bridgehead atoms. The van der Waals surface area contributed by atoms with Crippen LogP contribution in [-0.4, -0.2) is 56.8 Å². The van der Waals surface area contributed by atoms with Gasteiger partial charge in [0.25, 0.3) is 0 Å². The van der Waals surface area contributed by atoms with Crippen LogP contribution in [0.4, 0.5) is 0 Å². The van der Waals surface area contributed by atoms with Crippen molar-refractivity contribution in [2.24, 2.45) is 10.7 Å². The van der Waals surface area contributed by atoms with E-state index < -0.39 is 0 Å². The highest BCUT2D eigenvalue weighted by Gasteiger charge is 2.16. The predicted octanol–water partition coefficient (Wildman–Crippen LogP) is 0.0253. The van der Waals surface area contributed by atoms with Gasteiger partial charge in [0, 0.05) is 19.6 Å². The molecule has 0 aromatic heterocycles. The maximum Gasteiger partial charge on any atom is 0.188 e. The van der Waals surface area contributed by atoms with E-state index >= 15 is 0 Å². The van der Waals surface area contributed by atoms with E-state index in [1.54, 1.807) is 6.08 Å². The van der Waals surface area contributed by atoms with Crippen LogP contribution in [0.25, 0.3) is 0 Å². The smallest absolute Gasteiger partial charge is 0.188 e. The first kappa shape index (κ1) is 15.7. The number of nitrogens with one attached hydrogen (secondary N) is 1. The molecule has 0 aromatic rings. The van der Waals surface area contributed by atoms with E-state index in [-0.39, 0.29) is 30.1 Å². The molecule has 0 spiro atoms. The first-order chi connectivity index (χ1) is 7.22. The molecule has 1 unspecified atom stereocenters. The van der Waals surface area contributed by atoms with Gasteiger partial charge in [-0.05, 0) is 7.05 Å². The minimum absolute atomic E-state index is 0. The van der Waals surface area contributed by atoms with Crippen molar-refractivity contribution in [2.45, 2.75) is 6.10 Å². The lowest BCUT2D eigenvalue weighted by molar-refractivity contribution is -0.0136. The topological polar surface area (TPSA) is 62.9 Å². The van der Waals surface area contributed by atoms with Gasteiger partial charge in [-0.25, -0.2) is 0 Å². The Morgan fingerprint density at radius 3 is 3.12 bits per heavy atom. The van der Waals surface area contributed by atoms with Gasteiger partial charge < -0.3 is 20.7 Å². The van der Waals surface area contributed by atoms with Crippen LogP contribution in [0.1, 0.15) is 0 Å². The van der Waals surface area contributed by atoms with Crippen molar-refractivity contribution in [1.82, 2.24) is 10.2 Å². The zero-order valence-corrected chi connectivity index (χ0v) is 12.0. The van der Waals surface area contributed by atoms with E-state index in [2.05, 4.69) is 28.8 Å². The van der Waals surface area contributed by atoms with Crippen molar-refractivity contribution >= 4 is 29.9 Å². The lowest BCUT2D eigenvalue weighted by Crippen LogP contribution is -2.42. The third-order valence-electron chi connectivity index (χ3n) is 2.23. The Balaban J connectivity index is 0.00000225. The second-order valence-electron chi connectivity index (χ2n) is 3.65. The van der Waals surface area contributed by atoms with E-state index in [0.717, 1.165) is 19.7 Å². The van der Waals surface area contributed by atoms with Gasteiger partial charge in [-0.2, -0.15) is 0 Å². The van der Waals surface area contributed by atoms with Crippen LogP contribution in [0.15, 0.2) is 17.6 Å². The Labute approximate surface area is 114 Å². The lowest BCUT2D eigenvalue weighted by Gasteiger charge is -2.29. The molecule has 0 saturated carbocycles. The summed E-state index contributed by atoms with van der Waals surface area (Å²) in [6.45, 7) is 7.52. The minimum Gasteiger partial charge on any atom is -0.374 e. The van der Waals surface area contributed by atoms with E-state index in [9.17, 15) is 0 Å². The highest BCUT2D eigenvalue weighted by atomic mass is 127. The van der Waals surface area contributed by atoms with E-state index in [1.807, 2.05) is 0 Å². The third-order valence-corrected chi connectivity index (χ3v) is 2.23. The number of aliphatic imine (C=N–C) groups is 1. The van der Waals surface area contributed by atoms with Gasteiger partial charge in [0.2, 0.25) is 0 Å². The van der Waals surface area contributed by atoms with Gasteiger partial charge in [-0.15, -0.1) is 30.6 Å². The van der Waals surface area contributed by atoms with Crippen molar-refractivity contribution < 1.29 is 4.74 Å². The number of halogens is 1. The fourth-order valence-corrected chi connectivity index (χ4v) is 1.41. The van der Waals surface area contributed by atoms with Crippen LogP contribution in [0, 0.1) is 0 Å². The standard InChI is InChI=1S/C10H20N4O.HI/c1-3-4-12-10(11)13-7-9-8-14(2)5-6-15-9;/h3,9H,1,4-8H2,2H3,(H3,11,12,13);1H. The van der Waals surface area contributed by atoms with Crippen LogP contribution in [0.5, 0.6) is 0 Å². The van der Waals surface area contributed by atoms with Crippen LogP contribution < -0.4 is 11.1 Å². The van der Waals surface area contributed by atoms with Gasteiger partial charge >= 0.3 is 0 Å². The molecular formula is C10H21IN4O. The number of hydrogen-bond donors (Lipinski definition) is 2. The van der Waals surface area contributed by atoms with Gasteiger partial charge in [0.05, 0.1) is 19.3 Å². The predicted molar refractivity (Wildman–Crippen MR) is 77.3 cm³/mol. The van der Waals surface area contributed by atoms with Crippen molar-refractivity contribution in [1.29, 1.82) is 0 Å². The van der Waals surface area contributed by atoms with Crippen molar-refractivity contribution in [3.05, 3.63) is 12.7 Å². The average molecular weight is 340 g/mol. The monoisotopic (exact) mass is 340 g/mol. The Morgan fingerprint density at radius 2 is 2.50 bits per heavy atom. The molecule has 16 heavy (non-hydrogen) atoms. The van der Waals surface area contributed by atoms with Crippen LogP contribution in [0.3, 0.4) is 0 Å². The third kappa shape index (κ3) is 6.29. The fourth-order valence-electron chi connectivity index (χ4n) is 1.41. The fraction of sp³-hybridized carbons (Fsp3) is 0.700. The average Bonchev–Trinajstić information content (AvgIpc) is 2.23. The summed E-state index contributed by atoms with van der Waals surface area (Å²) >= 11 is 0. The molecule has 1 heterocycles. The van der Waals surface area contributed by atoms with E-state index in [4.69, 9.17) is 10.5 Å². The molecule has 1 aliphatic rings. The molecule has 0 aromatic carbocycles. The minimum atomic E-state index is 0. The molecule has 6 heteroatoms. The first-order valence-corrected chi connectivity index (χ1v) is 5.17. The van der Waals surface area contributed by atoms with E-state index in [1.165, 1.54) is 0 Å². The molecule has 0 radical (unpaired) electrons. The molecule has 1 aliphatic heterocycles. The summed E-state index contributed by atoms with van der Waals surface area (Å²) in [6.07, 6.45) is 1.90. The summed E-state index contributed by atoms with van der Waals surface area (Å²) in [6, 6.07) is 0. The van der Waals surface area contributed by atoms with Gasteiger partial charge in [-0.3, -0.25) is 4.99 Å². The molecule has 3 N–H and O–H groups in total. The molecule has 1 atom stereocenters. The molecule has 5 nitrogen and oxygen atoms in total. The summed E-state index contributed by atoms with van der Waals surface area (Å²) in [7, 11) is 2.08. The highest BCUT2D eigenvalue weighted by Crippen LogP contribution is 2.02. The van der Waals surface area contributed by atoms with Crippen molar-refractivity contribution in [3.63, 3.8) is 0 Å². The maximum atomic E-state index is 5.63. The zero-order chi connectivity index (χ0) is 11.1.